The van der Waals surface area contributed by atoms with Crippen molar-refractivity contribution < 1.29 is 61.5 Å². The van der Waals surface area contributed by atoms with Gasteiger partial charge in [-0.3, -0.25) is 9.97 Å². The number of benzene rings is 6. The summed E-state index contributed by atoms with van der Waals surface area (Å²) in [5, 5.41) is 0.785. The van der Waals surface area contributed by atoms with Crippen molar-refractivity contribution in [3.63, 3.8) is 0 Å². The fraction of sp³-hybridized carbons (Fsp3) is 0.0800. The zero-order chi connectivity index (χ0) is 46.5. The Kier molecular flexibility index (Phi) is 9.60. The van der Waals surface area contributed by atoms with Crippen molar-refractivity contribution in [3.8, 4) is 55.6 Å². The number of hydrogen-bond acceptors (Lipinski definition) is 4. The quantitative estimate of drug-likeness (QED) is 0.161. The van der Waals surface area contributed by atoms with Crippen LogP contribution in [-0.4, -0.2) is 9.97 Å². The van der Waals surface area contributed by atoms with Gasteiger partial charge in [0, 0.05) is 34.3 Å². The molecule has 0 saturated heterocycles. The molecule has 330 valence electrons. The van der Waals surface area contributed by atoms with Crippen molar-refractivity contribution in [1.82, 2.24) is 9.97 Å². The summed E-state index contributed by atoms with van der Waals surface area (Å²) >= 11 is 0. The van der Waals surface area contributed by atoms with E-state index in [4.69, 9.17) is 8.83 Å². The Bertz CT molecular complexity index is 3230. The second kappa shape index (κ2) is 15.0. The SMILES string of the molecule is FC(F)(F)c1cc(-c2ccc3oc4c(-c5ccc(-c6ccc(-c7ccnc8c7oc7ccc(-c9cc(C(F)(F)F)cc(C(F)(F)F)c9)cc78)cc6)cc5)ccnc4c3c2)cc(C(F)(F)F)c1. The number of pyridine rings is 2. The molecule has 10 aromatic rings. The molecule has 4 nitrogen and oxygen atoms in total. The summed E-state index contributed by atoms with van der Waals surface area (Å²) in [5.41, 5.74) is 0.437. The van der Waals surface area contributed by atoms with Gasteiger partial charge in [-0.05, 0) is 117 Å². The summed E-state index contributed by atoms with van der Waals surface area (Å²) in [6.45, 7) is 0. The van der Waals surface area contributed by atoms with E-state index in [9.17, 15) is 52.7 Å². The highest BCUT2D eigenvalue weighted by Crippen LogP contribution is 2.44. The molecule has 6 aromatic carbocycles. The maximum atomic E-state index is 13.6. The van der Waals surface area contributed by atoms with Crippen molar-refractivity contribution in [2.75, 3.05) is 0 Å². The van der Waals surface area contributed by atoms with Crippen LogP contribution in [0.3, 0.4) is 0 Å². The molecule has 0 atom stereocenters. The minimum atomic E-state index is -5.01. The van der Waals surface area contributed by atoms with E-state index < -0.39 is 47.0 Å². The Balaban J connectivity index is 0.938. The van der Waals surface area contributed by atoms with E-state index in [0.717, 1.165) is 22.3 Å². The largest absolute Gasteiger partial charge is 0.454 e. The minimum absolute atomic E-state index is 0.0778. The molecule has 4 heterocycles. The zero-order valence-electron chi connectivity index (χ0n) is 33.1. The monoisotopic (exact) mass is 912 g/mol. The topological polar surface area (TPSA) is 52.1 Å². The Morgan fingerprint density at radius 2 is 0.606 bits per heavy atom. The first-order valence-corrected chi connectivity index (χ1v) is 19.6. The summed E-state index contributed by atoms with van der Waals surface area (Å²) in [5.74, 6) is 0. The van der Waals surface area contributed by atoms with E-state index in [2.05, 4.69) is 9.97 Å². The number of rotatable bonds is 5. The predicted molar refractivity (Wildman–Crippen MR) is 224 cm³/mol. The first kappa shape index (κ1) is 42.3. The van der Waals surface area contributed by atoms with Gasteiger partial charge in [-0.25, -0.2) is 0 Å². The molecule has 0 radical (unpaired) electrons. The van der Waals surface area contributed by atoms with Crippen LogP contribution in [0.15, 0.2) is 155 Å². The van der Waals surface area contributed by atoms with Gasteiger partial charge in [0.15, 0.2) is 11.2 Å². The molecule has 0 N–H and O–H groups in total. The third kappa shape index (κ3) is 7.65. The van der Waals surface area contributed by atoms with Gasteiger partial charge in [-0.1, -0.05) is 60.7 Å². The van der Waals surface area contributed by atoms with E-state index in [1.54, 1.807) is 12.1 Å². The number of nitrogens with zero attached hydrogens (tertiary/aromatic N) is 2. The molecule has 10 rings (SSSR count). The fourth-order valence-electron chi connectivity index (χ4n) is 8.06. The summed E-state index contributed by atoms with van der Waals surface area (Å²) < 4.78 is 176. The average Bonchev–Trinajstić information content (AvgIpc) is 3.86. The molecule has 0 amide bonds. The van der Waals surface area contributed by atoms with Crippen LogP contribution in [0.2, 0.25) is 0 Å². The minimum Gasteiger partial charge on any atom is -0.454 e. The van der Waals surface area contributed by atoms with Crippen LogP contribution >= 0.6 is 0 Å². The van der Waals surface area contributed by atoms with Crippen LogP contribution in [-0.2, 0) is 24.7 Å². The van der Waals surface area contributed by atoms with Crippen LogP contribution in [0, 0.1) is 0 Å². The predicted octanol–water partition coefficient (Wildman–Crippen LogP) is 16.7. The van der Waals surface area contributed by atoms with Gasteiger partial charge in [0.25, 0.3) is 0 Å². The smallest absolute Gasteiger partial charge is 0.416 e. The Hall–Kier alpha value is -7.62. The zero-order valence-corrected chi connectivity index (χ0v) is 33.1. The number of fused-ring (bicyclic) bond motifs is 6. The van der Waals surface area contributed by atoms with Crippen LogP contribution in [0.25, 0.3) is 99.8 Å². The number of halogens is 12. The second-order valence-electron chi connectivity index (χ2n) is 15.4. The molecule has 16 heteroatoms. The first-order valence-electron chi connectivity index (χ1n) is 19.6. The van der Waals surface area contributed by atoms with Crippen molar-refractivity contribution >= 4 is 44.1 Å². The van der Waals surface area contributed by atoms with Gasteiger partial charge in [0.2, 0.25) is 0 Å². The van der Waals surface area contributed by atoms with Crippen LogP contribution in [0.1, 0.15) is 22.3 Å². The van der Waals surface area contributed by atoms with E-state index >= 15 is 0 Å². The fourth-order valence-corrected chi connectivity index (χ4v) is 8.06. The Morgan fingerprint density at radius 3 is 0.924 bits per heavy atom. The summed E-state index contributed by atoms with van der Waals surface area (Å²) in [4.78, 5) is 8.87. The van der Waals surface area contributed by atoms with E-state index in [1.807, 2.05) is 48.5 Å². The van der Waals surface area contributed by atoms with Gasteiger partial charge in [0.1, 0.15) is 22.2 Å². The number of furan rings is 2. The number of alkyl halides is 12. The molecule has 0 saturated carbocycles. The third-order valence-electron chi connectivity index (χ3n) is 11.3. The van der Waals surface area contributed by atoms with Gasteiger partial charge in [-0.15, -0.1) is 0 Å². The Morgan fingerprint density at radius 1 is 0.303 bits per heavy atom. The maximum Gasteiger partial charge on any atom is 0.416 e. The molecule has 0 unspecified atom stereocenters. The standard InChI is InChI=1S/C50H24F12N2O2/c51-47(52,53)33-17-31(18-34(23-33)48(54,55)56)29-9-11-41-39(21-29)43-45(65-41)37(13-15-63-43)27-5-1-25(2-6-27)26-3-7-28(8-4-26)38-14-16-64-44-40-22-30(10-12-42(40)66-46(38)44)32-19-35(49(57,58)59)24-36(20-32)50(60,61)62/h1-24H. The van der Waals surface area contributed by atoms with Crippen LogP contribution < -0.4 is 0 Å². The first-order chi connectivity index (χ1) is 31.2. The molecule has 0 spiro atoms. The van der Waals surface area contributed by atoms with Crippen molar-refractivity contribution in [2.24, 2.45) is 0 Å². The van der Waals surface area contributed by atoms with Crippen molar-refractivity contribution in [2.45, 2.75) is 24.7 Å². The highest BCUT2D eigenvalue weighted by molar-refractivity contribution is 6.09. The van der Waals surface area contributed by atoms with Crippen LogP contribution in [0.5, 0.6) is 0 Å². The second-order valence-corrected chi connectivity index (χ2v) is 15.4. The molecule has 0 bridgehead atoms. The lowest BCUT2D eigenvalue weighted by Crippen LogP contribution is -2.11. The third-order valence-corrected chi connectivity index (χ3v) is 11.3. The molecule has 0 fully saturated rings. The van der Waals surface area contributed by atoms with E-state index in [0.29, 0.717) is 79.5 Å². The molecule has 4 aromatic heterocycles. The average molecular weight is 913 g/mol. The number of hydrogen-bond donors (Lipinski definition) is 0. The van der Waals surface area contributed by atoms with E-state index in [1.165, 1.54) is 48.8 Å². The van der Waals surface area contributed by atoms with Crippen molar-refractivity contribution in [3.05, 3.63) is 168 Å². The Labute approximate surface area is 363 Å². The molecule has 66 heavy (non-hydrogen) atoms. The highest BCUT2D eigenvalue weighted by atomic mass is 19.4. The van der Waals surface area contributed by atoms with Gasteiger partial charge in [-0.2, -0.15) is 52.7 Å². The van der Waals surface area contributed by atoms with Gasteiger partial charge >= 0.3 is 24.7 Å². The molecule has 0 aliphatic heterocycles. The number of aromatic nitrogens is 2. The van der Waals surface area contributed by atoms with Crippen LogP contribution in [0.4, 0.5) is 52.7 Å². The summed E-state index contributed by atoms with van der Waals surface area (Å²) in [6.07, 6.45) is -17.0. The summed E-state index contributed by atoms with van der Waals surface area (Å²) in [6, 6.07) is 29.9. The molecule has 0 aliphatic rings. The summed E-state index contributed by atoms with van der Waals surface area (Å²) in [7, 11) is 0. The molecular weight excluding hydrogens is 889 g/mol. The molecule has 0 aliphatic carbocycles. The lowest BCUT2D eigenvalue weighted by Gasteiger charge is -2.14. The van der Waals surface area contributed by atoms with E-state index in [-0.39, 0.29) is 34.4 Å². The highest BCUT2D eigenvalue weighted by Gasteiger charge is 2.38. The lowest BCUT2D eigenvalue weighted by molar-refractivity contribution is -0.144. The van der Waals surface area contributed by atoms with Crippen molar-refractivity contribution in [1.29, 1.82) is 0 Å². The molecular formula is C50H24F12N2O2. The van der Waals surface area contributed by atoms with Gasteiger partial charge in [0.05, 0.1) is 22.3 Å². The van der Waals surface area contributed by atoms with Gasteiger partial charge < -0.3 is 8.83 Å². The lowest BCUT2D eigenvalue weighted by atomic mass is 9.97. The maximum absolute atomic E-state index is 13.6. The normalized spacial score (nSPS) is 12.8.